The first-order valence-electron chi connectivity index (χ1n) is 7.43. The minimum absolute atomic E-state index is 0.0962. The Morgan fingerprint density at radius 1 is 1.19 bits per heavy atom. The number of hydrogen-bond acceptors (Lipinski definition) is 2. The van der Waals surface area contributed by atoms with Crippen LogP contribution in [-0.2, 0) is 15.0 Å². The zero-order chi connectivity index (χ0) is 16.0. The monoisotopic (exact) mass is 290 g/mol. The quantitative estimate of drug-likeness (QED) is 0.866. The van der Waals surface area contributed by atoms with Gasteiger partial charge in [0.2, 0.25) is 0 Å². The van der Waals surface area contributed by atoms with Crippen molar-refractivity contribution in [3.63, 3.8) is 0 Å². The lowest BCUT2D eigenvalue weighted by Crippen LogP contribution is -2.38. The molecule has 0 bridgehead atoms. The minimum Gasteiger partial charge on any atom is -0.338 e. The van der Waals surface area contributed by atoms with Crippen LogP contribution in [0.3, 0.4) is 0 Å². The van der Waals surface area contributed by atoms with Crippen molar-refractivity contribution in [3.8, 4) is 0 Å². The number of para-hydroxylation sites is 1. The maximum Gasteiger partial charge on any atom is 0.313 e. The van der Waals surface area contributed by atoms with E-state index in [1.807, 2.05) is 24.3 Å². The topological polar surface area (TPSA) is 49.4 Å². The predicted octanol–water partition coefficient (Wildman–Crippen LogP) is 3.18. The van der Waals surface area contributed by atoms with Crippen molar-refractivity contribution < 1.29 is 9.59 Å². The van der Waals surface area contributed by atoms with E-state index in [0.29, 0.717) is 12.2 Å². The maximum absolute atomic E-state index is 12.1. The summed E-state index contributed by atoms with van der Waals surface area (Å²) in [4.78, 5) is 25.6. The molecule has 1 aromatic carbocycles. The molecule has 0 aromatic heterocycles. The molecule has 21 heavy (non-hydrogen) atoms. The van der Waals surface area contributed by atoms with Gasteiger partial charge in [-0.1, -0.05) is 52.3 Å². The van der Waals surface area contributed by atoms with Crippen LogP contribution in [0.5, 0.6) is 0 Å². The third-order valence-corrected chi connectivity index (χ3v) is 3.37. The molecule has 0 aliphatic heterocycles. The number of likely N-dealkylation sites (N-methyl/N-ethyl adjacent to an activating group) is 1. The van der Waals surface area contributed by atoms with Crippen molar-refractivity contribution in [1.29, 1.82) is 0 Å². The Kier molecular flexibility index (Phi) is 5.94. The van der Waals surface area contributed by atoms with Gasteiger partial charge >= 0.3 is 11.8 Å². The van der Waals surface area contributed by atoms with Crippen molar-refractivity contribution in [3.05, 3.63) is 29.8 Å². The highest BCUT2D eigenvalue weighted by molar-refractivity contribution is 6.39. The molecule has 0 atom stereocenters. The number of amides is 2. The van der Waals surface area contributed by atoms with E-state index in [4.69, 9.17) is 0 Å². The smallest absolute Gasteiger partial charge is 0.313 e. The Labute approximate surface area is 127 Å². The van der Waals surface area contributed by atoms with Crippen LogP contribution in [0.25, 0.3) is 0 Å². The van der Waals surface area contributed by atoms with E-state index in [1.54, 1.807) is 7.05 Å². The lowest BCUT2D eigenvalue weighted by atomic mass is 9.86. The summed E-state index contributed by atoms with van der Waals surface area (Å²) in [6, 6.07) is 7.60. The van der Waals surface area contributed by atoms with Gasteiger partial charge in [-0.05, 0) is 23.5 Å². The Balaban J connectivity index is 2.82. The highest BCUT2D eigenvalue weighted by Crippen LogP contribution is 2.29. The van der Waals surface area contributed by atoms with Crippen LogP contribution < -0.4 is 5.32 Å². The van der Waals surface area contributed by atoms with Crippen LogP contribution in [0, 0.1) is 0 Å². The van der Waals surface area contributed by atoms with Gasteiger partial charge in [0.15, 0.2) is 0 Å². The molecule has 2 amide bonds. The van der Waals surface area contributed by atoms with Gasteiger partial charge in [0.25, 0.3) is 0 Å². The highest BCUT2D eigenvalue weighted by atomic mass is 16.2. The number of nitrogens with zero attached hydrogens (tertiary/aromatic N) is 1. The van der Waals surface area contributed by atoms with Crippen molar-refractivity contribution in [2.45, 2.75) is 46.0 Å². The molecule has 1 rings (SSSR count). The lowest BCUT2D eigenvalue weighted by Gasteiger charge is -2.23. The molecule has 0 spiro atoms. The molecule has 0 unspecified atom stereocenters. The number of carbonyl (C=O) groups is 2. The van der Waals surface area contributed by atoms with Crippen molar-refractivity contribution in [2.24, 2.45) is 0 Å². The SMILES string of the molecule is CCCCN(C)C(=O)C(=O)Nc1ccccc1C(C)(C)C. The standard InChI is InChI=1S/C17H26N2O2/c1-6-7-12-19(5)16(21)15(20)18-14-11-9-8-10-13(14)17(2,3)4/h8-11H,6-7,12H2,1-5H3,(H,18,20). The van der Waals surface area contributed by atoms with E-state index < -0.39 is 11.8 Å². The summed E-state index contributed by atoms with van der Waals surface area (Å²) in [6.45, 7) is 8.88. The Hall–Kier alpha value is -1.84. The number of nitrogens with one attached hydrogen (secondary N) is 1. The van der Waals surface area contributed by atoms with E-state index in [-0.39, 0.29) is 5.41 Å². The minimum atomic E-state index is -0.578. The summed E-state index contributed by atoms with van der Waals surface area (Å²) in [5.41, 5.74) is 1.62. The molecule has 4 heteroatoms. The second-order valence-electron chi connectivity index (χ2n) is 6.33. The summed E-state index contributed by atoms with van der Waals surface area (Å²) in [7, 11) is 1.66. The number of benzene rings is 1. The molecule has 1 aromatic rings. The first kappa shape index (κ1) is 17.2. The number of unbranched alkanes of at least 4 members (excludes halogenated alkanes) is 1. The molecule has 0 saturated carbocycles. The van der Waals surface area contributed by atoms with Crippen molar-refractivity contribution in [2.75, 3.05) is 18.9 Å². The Morgan fingerprint density at radius 2 is 1.81 bits per heavy atom. The van der Waals surface area contributed by atoms with Crippen LogP contribution in [0.2, 0.25) is 0 Å². The molecule has 0 radical (unpaired) electrons. The van der Waals surface area contributed by atoms with E-state index in [1.165, 1.54) is 4.90 Å². The Morgan fingerprint density at radius 3 is 2.38 bits per heavy atom. The van der Waals surface area contributed by atoms with Gasteiger partial charge in [0.05, 0.1) is 0 Å². The van der Waals surface area contributed by atoms with Crippen LogP contribution in [-0.4, -0.2) is 30.3 Å². The van der Waals surface area contributed by atoms with Gasteiger partial charge in [-0.2, -0.15) is 0 Å². The van der Waals surface area contributed by atoms with Gasteiger partial charge in [-0.25, -0.2) is 0 Å². The molecule has 0 saturated heterocycles. The zero-order valence-electron chi connectivity index (χ0n) is 13.7. The van der Waals surface area contributed by atoms with Gasteiger partial charge in [-0.15, -0.1) is 0 Å². The zero-order valence-corrected chi connectivity index (χ0v) is 13.7. The van der Waals surface area contributed by atoms with Crippen LogP contribution in [0.4, 0.5) is 5.69 Å². The summed E-state index contributed by atoms with van der Waals surface area (Å²) < 4.78 is 0. The van der Waals surface area contributed by atoms with E-state index in [2.05, 4.69) is 33.0 Å². The number of carbonyl (C=O) groups excluding carboxylic acids is 2. The molecule has 0 aliphatic carbocycles. The molecule has 0 heterocycles. The summed E-state index contributed by atoms with van der Waals surface area (Å²) in [5, 5.41) is 2.74. The van der Waals surface area contributed by atoms with Crippen molar-refractivity contribution in [1.82, 2.24) is 4.90 Å². The largest absolute Gasteiger partial charge is 0.338 e. The fraction of sp³-hybridized carbons (Fsp3) is 0.529. The van der Waals surface area contributed by atoms with Gasteiger partial charge in [-0.3, -0.25) is 9.59 Å². The third-order valence-electron chi connectivity index (χ3n) is 3.37. The average molecular weight is 290 g/mol. The average Bonchev–Trinajstić information content (AvgIpc) is 2.43. The number of rotatable bonds is 4. The fourth-order valence-electron chi connectivity index (χ4n) is 2.09. The predicted molar refractivity (Wildman–Crippen MR) is 86.3 cm³/mol. The second-order valence-corrected chi connectivity index (χ2v) is 6.33. The lowest BCUT2D eigenvalue weighted by molar-refractivity contribution is -0.142. The molecule has 0 aliphatic rings. The molecule has 0 fully saturated rings. The van der Waals surface area contributed by atoms with Crippen LogP contribution >= 0.6 is 0 Å². The van der Waals surface area contributed by atoms with E-state index in [0.717, 1.165) is 18.4 Å². The Bertz CT molecular complexity index is 504. The first-order chi connectivity index (χ1) is 9.77. The first-order valence-corrected chi connectivity index (χ1v) is 7.43. The van der Waals surface area contributed by atoms with Crippen molar-refractivity contribution >= 4 is 17.5 Å². The molecular weight excluding hydrogens is 264 g/mol. The van der Waals surface area contributed by atoms with E-state index in [9.17, 15) is 9.59 Å². The van der Waals surface area contributed by atoms with Crippen LogP contribution in [0.1, 0.15) is 46.1 Å². The van der Waals surface area contributed by atoms with Crippen LogP contribution in [0.15, 0.2) is 24.3 Å². The van der Waals surface area contributed by atoms with E-state index >= 15 is 0 Å². The third kappa shape index (κ3) is 4.88. The number of hydrogen-bond donors (Lipinski definition) is 1. The van der Waals surface area contributed by atoms with Gasteiger partial charge in [0, 0.05) is 19.3 Å². The molecule has 4 nitrogen and oxygen atoms in total. The number of anilines is 1. The summed E-state index contributed by atoms with van der Waals surface area (Å²) in [6.07, 6.45) is 1.89. The summed E-state index contributed by atoms with van der Waals surface area (Å²) in [5.74, 6) is -1.07. The summed E-state index contributed by atoms with van der Waals surface area (Å²) >= 11 is 0. The molecule has 1 N–H and O–H groups in total. The molecular formula is C17H26N2O2. The molecule has 116 valence electrons. The fourth-order valence-corrected chi connectivity index (χ4v) is 2.09. The normalized spacial score (nSPS) is 11.1. The van der Waals surface area contributed by atoms with Gasteiger partial charge in [0.1, 0.15) is 0 Å². The highest BCUT2D eigenvalue weighted by Gasteiger charge is 2.22. The van der Waals surface area contributed by atoms with Gasteiger partial charge < -0.3 is 10.2 Å². The second kappa shape index (κ2) is 7.25. The maximum atomic E-state index is 12.1.